The molecular weight excluding hydrogens is 372 g/mol. The van der Waals surface area contributed by atoms with Crippen LogP contribution in [0.15, 0.2) is 54.6 Å². The van der Waals surface area contributed by atoms with Crippen LogP contribution in [0.5, 0.6) is 5.75 Å². The molecule has 0 amide bonds. The van der Waals surface area contributed by atoms with E-state index in [0.29, 0.717) is 11.6 Å². The van der Waals surface area contributed by atoms with Gasteiger partial charge in [-0.25, -0.2) is 4.98 Å². The quantitative estimate of drug-likeness (QED) is 0.465. The van der Waals surface area contributed by atoms with E-state index in [1.165, 1.54) is 0 Å². The minimum Gasteiger partial charge on any atom is -0.494 e. The van der Waals surface area contributed by atoms with Gasteiger partial charge < -0.3 is 10.1 Å². The molecule has 0 aliphatic rings. The largest absolute Gasteiger partial charge is 0.494 e. The third-order valence-electron chi connectivity index (χ3n) is 4.46. The number of nitrogens with zero attached hydrogens (tertiary/aromatic N) is 3. The molecule has 2 heterocycles. The molecule has 0 atom stereocenters. The van der Waals surface area contributed by atoms with Gasteiger partial charge in [0.25, 0.3) is 0 Å². The molecule has 0 spiro atoms. The average molecular weight is 393 g/mol. The summed E-state index contributed by atoms with van der Waals surface area (Å²) in [6.45, 7) is 6.60. The number of aryl methyl sites for hydroxylation is 2. The third-order valence-corrected chi connectivity index (χ3v) is 4.71. The zero-order valence-corrected chi connectivity index (χ0v) is 16.8. The SMILES string of the molecule is CCOc1ccc(Nc2cc(C)nc3c(-c4ccc(Cl)cc4)c(C)nn23)cc1. The van der Waals surface area contributed by atoms with Crippen LogP contribution in [0.2, 0.25) is 5.02 Å². The van der Waals surface area contributed by atoms with Crippen molar-refractivity contribution < 1.29 is 4.74 Å². The maximum Gasteiger partial charge on any atom is 0.165 e. The highest BCUT2D eigenvalue weighted by molar-refractivity contribution is 6.30. The lowest BCUT2D eigenvalue weighted by molar-refractivity contribution is 0.340. The predicted molar refractivity (Wildman–Crippen MR) is 114 cm³/mol. The average Bonchev–Trinajstić information content (AvgIpc) is 3.00. The minimum absolute atomic E-state index is 0.650. The maximum absolute atomic E-state index is 6.05. The van der Waals surface area contributed by atoms with E-state index >= 15 is 0 Å². The molecule has 28 heavy (non-hydrogen) atoms. The number of ether oxygens (including phenoxy) is 1. The Hall–Kier alpha value is -3.05. The van der Waals surface area contributed by atoms with E-state index in [1.54, 1.807) is 0 Å². The lowest BCUT2D eigenvalue weighted by Gasteiger charge is -2.11. The molecule has 5 nitrogen and oxygen atoms in total. The zero-order chi connectivity index (χ0) is 19.7. The van der Waals surface area contributed by atoms with E-state index in [2.05, 4.69) is 5.32 Å². The van der Waals surface area contributed by atoms with Crippen molar-refractivity contribution in [3.63, 3.8) is 0 Å². The summed E-state index contributed by atoms with van der Waals surface area (Å²) in [5.41, 5.74) is 5.65. The van der Waals surface area contributed by atoms with Crippen molar-refractivity contribution in [3.8, 4) is 16.9 Å². The molecule has 1 N–H and O–H groups in total. The first-order chi connectivity index (χ1) is 13.5. The van der Waals surface area contributed by atoms with E-state index in [9.17, 15) is 0 Å². The van der Waals surface area contributed by atoms with Crippen LogP contribution in [0.25, 0.3) is 16.8 Å². The number of hydrogen-bond donors (Lipinski definition) is 1. The van der Waals surface area contributed by atoms with E-state index in [1.807, 2.05) is 79.9 Å². The van der Waals surface area contributed by atoms with E-state index < -0.39 is 0 Å². The van der Waals surface area contributed by atoms with Gasteiger partial charge in [-0.1, -0.05) is 23.7 Å². The van der Waals surface area contributed by atoms with Crippen molar-refractivity contribution in [2.75, 3.05) is 11.9 Å². The summed E-state index contributed by atoms with van der Waals surface area (Å²) < 4.78 is 7.36. The highest BCUT2D eigenvalue weighted by atomic mass is 35.5. The number of fused-ring (bicyclic) bond motifs is 1. The van der Waals surface area contributed by atoms with Crippen molar-refractivity contribution in [2.45, 2.75) is 20.8 Å². The first kappa shape index (κ1) is 18.3. The number of aromatic nitrogens is 3. The fourth-order valence-corrected chi connectivity index (χ4v) is 3.36. The number of halogens is 1. The standard InChI is InChI=1S/C22H21ClN4O/c1-4-28-19-11-9-18(10-12-19)25-20-13-14(2)24-22-21(15(3)26-27(20)22)16-5-7-17(23)8-6-16/h5-13,25H,4H2,1-3H3. The van der Waals surface area contributed by atoms with Crippen LogP contribution in [0.4, 0.5) is 11.5 Å². The fourth-order valence-electron chi connectivity index (χ4n) is 3.24. The van der Waals surface area contributed by atoms with Crippen LogP contribution >= 0.6 is 11.6 Å². The molecular formula is C22H21ClN4O. The molecule has 0 bridgehead atoms. The van der Waals surface area contributed by atoms with Gasteiger partial charge in [-0.2, -0.15) is 9.61 Å². The zero-order valence-electron chi connectivity index (χ0n) is 16.0. The maximum atomic E-state index is 6.05. The van der Waals surface area contributed by atoms with Crippen LogP contribution in [0, 0.1) is 13.8 Å². The van der Waals surface area contributed by atoms with Crippen LogP contribution in [-0.4, -0.2) is 21.2 Å². The molecule has 0 saturated carbocycles. The van der Waals surface area contributed by atoms with Crippen LogP contribution < -0.4 is 10.1 Å². The topological polar surface area (TPSA) is 51.5 Å². The molecule has 0 aliphatic heterocycles. The molecule has 2 aromatic heterocycles. The second kappa shape index (κ2) is 7.52. The Balaban J connectivity index is 1.77. The van der Waals surface area contributed by atoms with E-state index in [-0.39, 0.29) is 0 Å². The number of benzene rings is 2. The summed E-state index contributed by atoms with van der Waals surface area (Å²) in [6, 6.07) is 17.6. The molecule has 6 heteroatoms. The van der Waals surface area contributed by atoms with Crippen LogP contribution in [0.1, 0.15) is 18.3 Å². The molecule has 0 radical (unpaired) electrons. The number of hydrogen-bond acceptors (Lipinski definition) is 4. The second-order valence-corrected chi connectivity index (χ2v) is 7.00. The van der Waals surface area contributed by atoms with E-state index in [0.717, 1.165) is 45.4 Å². The van der Waals surface area contributed by atoms with Gasteiger partial charge in [0.1, 0.15) is 11.6 Å². The minimum atomic E-state index is 0.650. The summed E-state index contributed by atoms with van der Waals surface area (Å²) in [4.78, 5) is 4.74. The van der Waals surface area contributed by atoms with Gasteiger partial charge in [0, 0.05) is 28.0 Å². The Bertz CT molecular complexity index is 1120. The number of rotatable bonds is 5. The second-order valence-electron chi connectivity index (χ2n) is 6.57. The normalized spacial score (nSPS) is 11.0. The molecule has 0 fully saturated rings. The van der Waals surface area contributed by atoms with Crippen molar-refractivity contribution in [1.82, 2.24) is 14.6 Å². The molecule has 0 aliphatic carbocycles. The summed E-state index contributed by atoms with van der Waals surface area (Å²) in [5.74, 6) is 1.71. The molecule has 4 rings (SSSR count). The smallest absolute Gasteiger partial charge is 0.165 e. The summed E-state index contributed by atoms with van der Waals surface area (Å²) in [7, 11) is 0. The predicted octanol–water partition coefficient (Wildman–Crippen LogP) is 5.81. The summed E-state index contributed by atoms with van der Waals surface area (Å²) in [6.07, 6.45) is 0. The van der Waals surface area contributed by atoms with Crippen molar-refractivity contribution in [2.24, 2.45) is 0 Å². The molecule has 142 valence electrons. The molecule has 4 aromatic rings. The molecule has 0 saturated heterocycles. The first-order valence-corrected chi connectivity index (χ1v) is 9.55. The summed E-state index contributed by atoms with van der Waals surface area (Å²) >= 11 is 6.05. The Morgan fingerprint density at radius 1 is 1.04 bits per heavy atom. The van der Waals surface area contributed by atoms with Gasteiger partial charge in [0.2, 0.25) is 0 Å². The summed E-state index contributed by atoms with van der Waals surface area (Å²) in [5, 5.41) is 8.88. The Morgan fingerprint density at radius 3 is 2.43 bits per heavy atom. The lowest BCUT2D eigenvalue weighted by atomic mass is 10.1. The van der Waals surface area contributed by atoms with Gasteiger partial charge in [-0.05, 0) is 62.7 Å². The van der Waals surface area contributed by atoms with Gasteiger partial charge >= 0.3 is 0 Å². The highest BCUT2D eigenvalue weighted by Gasteiger charge is 2.16. The fraction of sp³-hybridized carbons (Fsp3) is 0.182. The van der Waals surface area contributed by atoms with Crippen LogP contribution in [0.3, 0.4) is 0 Å². The Morgan fingerprint density at radius 2 is 1.75 bits per heavy atom. The van der Waals surface area contributed by atoms with Gasteiger partial charge in [0.05, 0.1) is 12.3 Å². The number of nitrogens with one attached hydrogen (secondary N) is 1. The van der Waals surface area contributed by atoms with Gasteiger partial charge in [0.15, 0.2) is 5.65 Å². The lowest BCUT2D eigenvalue weighted by Crippen LogP contribution is -2.02. The number of anilines is 2. The molecule has 0 unspecified atom stereocenters. The van der Waals surface area contributed by atoms with Gasteiger partial charge in [-0.15, -0.1) is 0 Å². The molecule has 2 aromatic carbocycles. The Labute approximate surface area is 168 Å². The highest BCUT2D eigenvalue weighted by Crippen LogP contribution is 2.31. The monoisotopic (exact) mass is 392 g/mol. The van der Waals surface area contributed by atoms with Crippen LogP contribution in [-0.2, 0) is 0 Å². The van der Waals surface area contributed by atoms with E-state index in [4.69, 9.17) is 26.4 Å². The van der Waals surface area contributed by atoms with Crippen molar-refractivity contribution in [1.29, 1.82) is 0 Å². The third kappa shape index (κ3) is 3.53. The van der Waals surface area contributed by atoms with Crippen molar-refractivity contribution in [3.05, 3.63) is 71.0 Å². The van der Waals surface area contributed by atoms with Gasteiger partial charge in [-0.3, -0.25) is 0 Å². The van der Waals surface area contributed by atoms with Crippen molar-refractivity contribution >= 4 is 28.8 Å². The first-order valence-electron chi connectivity index (χ1n) is 9.18. The Kier molecular flexibility index (Phi) is 4.92.